The molecule has 0 aliphatic rings. The molecule has 226 valence electrons. The van der Waals surface area contributed by atoms with Gasteiger partial charge in [-0.25, -0.2) is 0 Å². The molecular formula is C32H60O5Si2. The van der Waals surface area contributed by atoms with Gasteiger partial charge < -0.3 is 18.3 Å². The summed E-state index contributed by atoms with van der Waals surface area (Å²) in [6.07, 6.45) is 2.88. The number of Topliss-reactive ketones (excluding diaryl/α,β-unsaturated/α-hetero) is 1. The van der Waals surface area contributed by atoms with E-state index in [1.165, 1.54) is 0 Å². The van der Waals surface area contributed by atoms with Gasteiger partial charge in [-0.3, -0.25) is 4.79 Å². The minimum Gasteiger partial charge on any atom is -0.497 e. The summed E-state index contributed by atoms with van der Waals surface area (Å²) in [5, 5.41) is 0.319. The molecule has 0 bridgehead atoms. The molecule has 0 amide bonds. The molecule has 0 N–H and O–H groups in total. The van der Waals surface area contributed by atoms with Crippen LogP contribution in [0.3, 0.4) is 0 Å². The third-order valence-electron chi connectivity index (χ3n) is 8.93. The lowest BCUT2D eigenvalue weighted by atomic mass is 9.95. The van der Waals surface area contributed by atoms with Gasteiger partial charge in [0.05, 0.1) is 26.4 Å². The Morgan fingerprint density at radius 2 is 1.36 bits per heavy atom. The maximum atomic E-state index is 12.8. The number of ketones is 1. The number of benzene rings is 1. The molecule has 0 radical (unpaired) electrons. The SMILES string of the molecule is COc1ccc(COC[C@H](O[Si](C)(C)C(C)(C)C)[C@@H](C)CCC(=O)CC[C@H](C)CO[Si](C)(C)C(C)(C)C)cc1. The Hall–Kier alpha value is -0.996. The van der Waals surface area contributed by atoms with E-state index in [9.17, 15) is 4.79 Å². The molecule has 1 aromatic carbocycles. The molecule has 0 aromatic heterocycles. The minimum absolute atomic E-state index is 0.0335. The Morgan fingerprint density at radius 1 is 0.821 bits per heavy atom. The number of hydrogen-bond donors (Lipinski definition) is 0. The topological polar surface area (TPSA) is 54.0 Å². The van der Waals surface area contributed by atoms with E-state index < -0.39 is 16.6 Å². The summed E-state index contributed by atoms with van der Waals surface area (Å²) >= 11 is 0. The van der Waals surface area contributed by atoms with Gasteiger partial charge in [-0.15, -0.1) is 0 Å². The Morgan fingerprint density at radius 3 is 1.87 bits per heavy atom. The molecule has 0 saturated carbocycles. The van der Waals surface area contributed by atoms with Crippen LogP contribution in [0.25, 0.3) is 0 Å². The molecule has 3 atom stereocenters. The first-order valence-corrected chi connectivity index (χ1v) is 20.6. The van der Waals surface area contributed by atoms with E-state index in [1.54, 1.807) is 7.11 Å². The zero-order valence-electron chi connectivity index (χ0n) is 27.5. The number of rotatable bonds is 17. The molecule has 0 fully saturated rings. The van der Waals surface area contributed by atoms with Crippen LogP contribution >= 0.6 is 0 Å². The molecule has 1 aromatic rings. The number of ether oxygens (including phenoxy) is 2. The van der Waals surface area contributed by atoms with Crippen LogP contribution in [-0.4, -0.2) is 48.8 Å². The van der Waals surface area contributed by atoms with Crippen molar-refractivity contribution in [2.45, 2.75) is 130 Å². The zero-order valence-corrected chi connectivity index (χ0v) is 29.5. The van der Waals surface area contributed by atoms with Gasteiger partial charge in [0.15, 0.2) is 16.6 Å². The fourth-order valence-electron chi connectivity index (χ4n) is 3.64. The summed E-state index contributed by atoms with van der Waals surface area (Å²) in [7, 11) is -2.07. The fourth-order valence-corrected chi connectivity index (χ4v) is 6.19. The number of carbonyl (C=O) groups excluding carboxylic acids is 1. The van der Waals surface area contributed by atoms with Crippen molar-refractivity contribution < 1.29 is 23.1 Å². The van der Waals surface area contributed by atoms with E-state index in [2.05, 4.69) is 81.6 Å². The Kier molecular flexibility index (Phi) is 14.1. The van der Waals surface area contributed by atoms with Crippen molar-refractivity contribution in [3.63, 3.8) is 0 Å². The van der Waals surface area contributed by atoms with E-state index in [1.807, 2.05) is 24.3 Å². The molecule has 0 heterocycles. The zero-order chi connectivity index (χ0) is 30.1. The quantitative estimate of drug-likeness (QED) is 0.172. The maximum Gasteiger partial charge on any atom is 0.192 e. The lowest BCUT2D eigenvalue weighted by Crippen LogP contribution is -2.47. The molecular weight excluding hydrogens is 521 g/mol. The van der Waals surface area contributed by atoms with Gasteiger partial charge in [0.2, 0.25) is 0 Å². The van der Waals surface area contributed by atoms with Gasteiger partial charge in [-0.1, -0.05) is 67.5 Å². The Balaban J connectivity index is 2.65. The van der Waals surface area contributed by atoms with Crippen LogP contribution in [0, 0.1) is 11.8 Å². The molecule has 0 aliphatic carbocycles. The second-order valence-corrected chi connectivity index (χ2v) is 24.1. The van der Waals surface area contributed by atoms with Gasteiger partial charge in [0.25, 0.3) is 0 Å². The van der Waals surface area contributed by atoms with E-state index in [-0.39, 0.29) is 22.1 Å². The smallest absolute Gasteiger partial charge is 0.192 e. The third kappa shape index (κ3) is 12.6. The second kappa shape index (κ2) is 15.3. The molecule has 5 nitrogen and oxygen atoms in total. The van der Waals surface area contributed by atoms with Crippen molar-refractivity contribution in [2.24, 2.45) is 11.8 Å². The minimum atomic E-state index is -1.99. The molecule has 0 saturated heterocycles. The summed E-state index contributed by atoms with van der Waals surface area (Å²) in [6, 6.07) is 7.97. The van der Waals surface area contributed by atoms with Crippen molar-refractivity contribution in [1.29, 1.82) is 0 Å². The molecule has 39 heavy (non-hydrogen) atoms. The third-order valence-corrected chi connectivity index (χ3v) is 17.9. The van der Waals surface area contributed by atoms with Crippen LogP contribution < -0.4 is 4.74 Å². The molecule has 0 aliphatic heterocycles. The van der Waals surface area contributed by atoms with Crippen LogP contribution in [-0.2, 0) is 25.0 Å². The summed E-state index contributed by atoms with van der Waals surface area (Å²) in [5.41, 5.74) is 1.11. The van der Waals surface area contributed by atoms with Crippen molar-refractivity contribution in [3.8, 4) is 5.75 Å². The second-order valence-electron chi connectivity index (χ2n) is 14.5. The van der Waals surface area contributed by atoms with Gasteiger partial charge >= 0.3 is 0 Å². The monoisotopic (exact) mass is 580 g/mol. The normalized spacial score (nSPS) is 15.6. The van der Waals surface area contributed by atoms with Crippen LogP contribution in [0.2, 0.25) is 36.3 Å². The highest BCUT2D eigenvalue weighted by Gasteiger charge is 2.40. The average Bonchev–Trinajstić information content (AvgIpc) is 2.83. The predicted octanol–water partition coefficient (Wildman–Crippen LogP) is 9.03. The van der Waals surface area contributed by atoms with Crippen LogP contribution in [0.1, 0.15) is 86.6 Å². The highest BCUT2D eigenvalue weighted by atomic mass is 28.4. The first-order chi connectivity index (χ1) is 17.8. The summed E-state index contributed by atoms with van der Waals surface area (Å²) in [4.78, 5) is 12.8. The standard InChI is InChI=1S/C32H60O5Si2/c1-25(22-36-38(10,11)31(3,4)5)14-18-28(33)19-15-26(2)30(37-39(12,13)32(6,7)8)24-35-23-27-16-20-29(34-9)21-17-27/h16-17,20-21,25-26,30H,14-15,18-19,22-24H2,1-13H3/t25-,26-,30-/m0/s1. The Bertz CT molecular complexity index is 853. The lowest BCUT2D eigenvalue weighted by molar-refractivity contribution is -0.119. The van der Waals surface area contributed by atoms with E-state index in [4.69, 9.17) is 18.3 Å². The average molecular weight is 581 g/mol. The summed E-state index contributed by atoms with van der Waals surface area (Å²) in [6.45, 7) is 28.9. The molecule has 0 spiro atoms. The fraction of sp³-hybridized carbons (Fsp3) is 0.781. The number of methoxy groups -OCH3 is 1. The first kappa shape index (κ1) is 36.0. The van der Waals surface area contributed by atoms with E-state index in [0.29, 0.717) is 37.8 Å². The predicted molar refractivity (Wildman–Crippen MR) is 170 cm³/mol. The molecule has 7 heteroatoms. The molecule has 0 unspecified atom stereocenters. The summed E-state index contributed by atoms with van der Waals surface area (Å²) < 4.78 is 24.6. The highest BCUT2D eigenvalue weighted by Crippen LogP contribution is 2.39. The Labute approximate surface area is 243 Å². The van der Waals surface area contributed by atoms with Gasteiger partial charge in [-0.05, 0) is 78.6 Å². The van der Waals surface area contributed by atoms with Crippen LogP contribution in [0.15, 0.2) is 24.3 Å². The van der Waals surface area contributed by atoms with Crippen LogP contribution in [0.5, 0.6) is 5.75 Å². The first-order valence-electron chi connectivity index (χ1n) is 14.8. The van der Waals surface area contributed by atoms with Gasteiger partial charge in [0, 0.05) is 19.4 Å². The number of carbonyl (C=O) groups is 1. The van der Waals surface area contributed by atoms with Gasteiger partial charge in [-0.2, -0.15) is 0 Å². The van der Waals surface area contributed by atoms with Crippen molar-refractivity contribution >= 4 is 22.4 Å². The van der Waals surface area contributed by atoms with Crippen molar-refractivity contribution in [3.05, 3.63) is 29.8 Å². The van der Waals surface area contributed by atoms with Gasteiger partial charge in [0.1, 0.15) is 11.5 Å². The largest absolute Gasteiger partial charge is 0.497 e. The van der Waals surface area contributed by atoms with Crippen molar-refractivity contribution in [1.82, 2.24) is 0 Å². The van der Waals surface area contributed by atoms with Crippen molar-refractivity contribution in [2.75, 3.05) is 20.3 Å². The summed E-state index contributed by atoms with van der Waals surface area (Å²) in [5.74, 6) is 1.81. The number of hydrogen-bond acceptors (Lipinski definition) is 5. The highest BCUT2D eigenvalue weighted by molar-refractivity contribution is 6.74. The van der Waals surface area contributed by atoms with Crippen LogP contribution in [0.4, 0.5) is 0 Å². The molecule has 1 rings (SSSR count). The van der Waals surface area contributed by atoms with E-state index in [0.717, 1.165) is 30.8 Å². The van der Waals surface area contributed by atoms with E-state index >= 15 is 0 Å². The lowest BCUT2D eigenvalue weighted by Gasteiger charge is -2.41. The maximum absolute atomic E-state index is 12.8.